The summed E-state index contributed by atoms with van der Waals surface area (Å²) in [6.07, 6.45) is 1.37. The van der Waals surface area contributed by atoms with Crippen molar-refractivity contribution in [3.05, 3.63) is 11.3 Å². The highest BCUT2D eigenvalue weighted by atomic mass is 35.5. The maximum absolute atomic E-state index is 10.1. The van der Waals surface area contributed by atoms with Gasteiger partial charge in [-0.2, -0.15) is 0 Å². The molecule has 0 unspecified atom stereocenters. The third kappa shape index (κ3) is 2.19. The number of hydrogen-bond acceptors (Lipinski definition) is 3. The van der Waals surface area contributed by atoms with Crippen LogP contribution in [0.5, 0.6) is 0 Å². The average molecular weight is 176 g/mol. The first-order valence-electron chi connectivity index (χ1n) is 2.96. The zero-order chi connectivity index (χ0) is 8.27. The van der Waals surface area contributed by atoms with Crippen LogP contribution in [0.2, 0.25) is 5.15 Å². The fraction of sp³-hybridized carbons (Fsp3) is 0.400. The Bertz CT molecular complexity index is 260. The summed E-state index contributed by atoms with van der Waals surface area (Å²) in [4.78, 5) is 10.1. The lowest BCUT2D eigenvalue weighted by Gasteiger charge is -1.96. The van der Waals surface area contributed by atoms with Gasteiger partial charge in [0.25, 0.3) is 0 Å². The van der Waals surface area contributed by atoms with E-state index < -0.39 is 5.97 Å². The smallest absolute Gasteiger partial charge is 0.305 e. The summed E-state index contributed by atoms with van der Waals surface area (Å²) in [5.74, 6) is -0.878. The molecule has 0 aliphatic carbocycles. The van der Waals surface area contributed by atoms with E-state index in [1.165, 1.54) is 10.9 Å². The number of hydrogen-bond donors (Lipinski definition) is 1. The Balaban J connectivity index is 2.51. The minimum Gasteiger partial charge on any atom is -0.481 e. The molecule has 1 rings (SSSR count). The molecule has 0 saturated carbocycles. The highest BCUT2D eigenvalue weighted by molar-refractivity contribution is 6.29. The van der Waals surface area contributed by atoms with E-state index in [2.05, 4.69) is 10.3 Å². The van der Waals surface area contributed by atoms with Crippen molar-refractivity contribution >= 4 is 17.6 Å². The van der Waals surface area contributed by atoms with Gasteiger partial charge in [-0.25, -0.2) is 4.68 Å². The van der Waals surface area contributed by atoms with Crippen LogP contribution < -0.4 is 0 Å². The first-order valence-corrected chi connectivity index (χ1v) is 3.33. The number of aryl methyl sites for hydroxylation is 1. The molecule has 1 aromatic rings. The SMILES string of the molecule is O=C(O)CCn1nncc1Cl. The highest BCUT2D eigenvalue weighted by Gasteiger charge is 2.02. The second-order valence-electron chi connectivity index (χ2n) is 1.92. The summed E-state index contributed by atoms with van der Waals surface area (Å²) in [6, 6.07) is 0. The van der Waals surface area contributed by atoms with Crippen molar-refractivity contribution < 1.29 is 9.90 Å². The number of rotatable bonds is 3. The van der Waals surface area contributed by atoms with Crippen molar-refractivity contribution in [2.24, 2.45) is 0 Å². The molecule has 0 saturated heterocycles. The molecule has 0 spiro atoms. The van der Waals surface area contributed by atoms with Crippen LogP contribution in [0.1, 0.15) is 6.42 Å². The molecule has 0 radical (unpaired) electrons. The largest absolute Gasteiger partial charge is 0.481 e. The molecule has 0 amide bonds. The molecule has 5 nitrogen and oxygen atoms in total. The van der Waals surface area contributed by atoms with E-state index in [4.69, 9.17) is 16.7 Å². The molecule has 0 aliphatic rings. The number of aliphatic carboxylic acids is 1. The topological polar surface area (TPSA) is 68.0 Å². The van der Waals surface area contributed by atoms with Crippen molar-refractivity contribution in [3.8, 4) is 0 Å². The molecule has 6 heteroatoms. The second-order valence-corrected chi connectivity index (χ2v) is 2.31. The lowest BCUT2D eigenvalue weighted by atomic mass is 10.4. The Labute approximate surface area is 67.6 Å². The predicted molar refractivity (Wildman–Crippen MR) is 37.3 cm³/mol. The number of nitrogens with zero attached hydrogens (tertiary/aromatic N) is 3. The Kier molecular flexibility index (Phi) is 2.43. The van der Waals surface area contributed by atoms with Crippen LogP contribution in [-0.4, -0.2) is 26.1 Å². The van der Waals surface area contributed by atoms with Gasteiger partial charge in [-0.15, -0.1) is 5.10 Å². The monoisotopic (exact) mass is 175 g/mol. The number of halogens is 1. The molecule has 1 heterocycles. The quantitative estimate of drug-likeness (QED) is 0.723. The van der Waals surface area contributed by atoms with E-state index >= 15 is 0 Å². The summed E-state index contributed by atoms with van der Waals surface area (Å²) < 4.78 is 1.33. The van der Waals surface area contributed by atoms with Gasteiger partial charge >= 0.3 is 5.97 Å². The summed E-state index contributed by atoms with van der Waals surface area (Å²) in [5, 5.41) is 15.7. The van der Waals surface area contributed by atoms with Crippen LogP contribution in [0, 0.1) is 0 Å². The molecule has 0 aromatic carbocycles. The van der Waals surface area contributed by atoms with Crippen LogP contribution in [0.3, 0.4) is 0 Å². The lowest BCUT2D eigenvalue weighted by molar-refractivity contribution is -0.137. The first kappa shape index (κ1) is 8.00. The fourth-order valence-electron chi connectivity index (χ4n) is 0.598. The Morgan fingerprint density at radius 2 is 2.55 bits per heavy atom. The van der Waals surface area contributed by atoms with Crippen molar-refractivity contribution in [1.29, 1.82) is 0 Å². The van der Waals surface area contributed by atoms with E-state index in [1.807, 2.05) is 0 Å². The van der Waals surface area contributed by atoms with Gasteiger partial charge in [0, 0.05) is 0 Å². The second kappa shape index (κ2) is 3.34. The van der Waals surface area contributed by atoms with Crippen LogP contribution in [-0.2, 0) is 11.3 Å². The summed E-state index contributed by atoms with van der Waals surface area (Å²) >= 11 is 5.57. The fourth-order valence-corrected chi connectivity index (χ4v) is 0.760. The zero-order valence-electron chi connectivity index (χ0n) is 5.57. The normalized spacial score (nSPS) is 9.91. The molecule has 60 valence electrons. The molecule has 1 N–H and O–H groups in total. The molecule has 1 aromatic heterocycles. The van der Waals surface area contributed by atoms with Gasteiger partial charge in [0.2, 0.25) is 0 Å². The summed E-state index contributed by atoms with van der Waals surface area (Å²) in [7, 11) is 0. The average Bonchev–Trinajstić information content (AvgIpc) is 2.31. The van der Waals surface area contributed by atoms with Gasteiger partial charge in [0.1, 0.15) is 5.15 Å². The number of carboxylic acids is 1. The standard InChI is InChI=1S/C5H6ClN3O2/c6-4-3-7-8-9(4)2-1-5(10)11/h3H,1-2H2,(H,10,11). The Morgan fingerprint density at radius 1 is 1.82 bits per heavy atom. The molecule has 0 atom stereocenters. The van der Waals surface area contributed by atoms with Crippen molar-refractivity contribution in [2.45, 2.75) is 13.0 Å². The Morgan fingerprint density at radius 3 is 3.00 bits per heavy atom. The maximum Gasteiger partial charge on any atom is 0.305 e. The van der Waals surface area contributed by atoms with Gasteiger partial charge in [-0.3, -0.25) is 4.79 Å². The molecule has 0 bridgehead atoms. The molecular weight excluding hydrogens is 170 g/mol. The zero-order valence-corrected chi connectivity index (χ0v) is 6.32. The van der Waals surface area contributed by atoms with Crippen molar-refractivity contribution in [1.82, 2.24) is 15.0 Å². The molecule has 0 aliphatic heterocycles. The van der Waals surface area contributed by atoms with Gasteiger partial charge in [0.15, 0.2) is 0 Å². The molecule has 0 fully saturated rings. The third-order valence-corrected chi connectivity index (χ3v) is 1.40. The highest BCUT2D eigenvalue weighted by Crippen LogP contribution is 2.04. The minimum atomic E-state index is -0.878. The van der Waals surface area contributed by atoms with Gasteiger partial charge < -0.3 is 5.11 Å². The minimum absolute atomic E-state index is 0.00306. The van der Waals surface area contributed by atoms with Crippen molar-refractivity contribution in [2.75, 3.05) is 0 Å². The predicted octanol–water partition coefficient (Wildman–Crippen LogP) is 0.406. The van der Waals surface area contributed by atoms with E-state index in [-0.39, 0.29) is 13.0 Å². The van der Waals surface area contributed by atoms with E-state index in [0.29, 0.717) is 5.15 Å². The Hall–Kier alpha value is -1.10. The molecule has 11 heavy (non-hydrogen) atoms. The summed E-state index contributed by atoms with van der Waals surface area (Å²) in [5.41, 5.74) is 0. The van der Waals surface area contributed by atoms with Crippen LogP contribution in [0.25, 0.3) is 0 Å². The van der Waals surface area contributed by atoms with E-state index in [1.54, 1.807) is 0 Å². The van der Waals surface area contributed by atoms with Gasteiger partial charge in [0.05, 0.1) is 19.2 Å². The lowest BCUT2D eigenvalue weighted by Crippen LogP contribution is -2.05. The number of carboxylic acid groups (broad SMARTS) is 1. The van der Waals surface area contributed by atoms with E-state index in [0.717, 1.165) is 0 Å². The van der Waals surface area contributed by atoms with Crippen LogP contribution >= 0.6 is 11.6 Å². The first-order chi connectivity index (χ1) is 5.20. The van der Waals surface area contributed by atoms with Gasteiger partial charge in [-0.1, -0.05) is 16.8 Å². The van der Waals surface area contributed by atoms with Crippen molar-refractivity contribution in [3.63, 3.8) is 0 Å². The maximum atomic E-state index is 10.1. The summed E-state index contributed by atoms with van der Waals surface area (Å²) in [6.45, 7) is 0.258. The van der Waals surface area contributed by atoms with Gasteiger partial charge in [-0.05, 0) is 0 Å². The number of aromatic nitrogens is 3. The third-order valence-electron chi connectivity index (χ3n) is 1.11. The molecular formula is C5H6ClN3O2. The van der Waals surface area contributed by atoms with E-state index in [9.17, 15) is 4.79 Å². The van der Waals surface area contributed by atoms with Crippen LogP contribution in [0.4, 0.5) is 0 Å². The number of carbonyl (C=O) groups is 1. The van der Waals surface area contributed by atoms with Crippen LogP contribution in [0.15, 0.2) is 6.20 Å².